The smallest absolute Gasteiger partial charge is 0.0929 e. The quantitative estimate of drug-likeness (QED) is 0.414. The Morgan fingerprint density at radius 2 is 1.28 bits per heavy atom. The maximum absolute atomic E-state index is 5.03. The molecule has 1 aromatic heterocycles. The zero-order valence-corrected chi connectivity index (χ0v) is 18.6. The third kappa shape index (κ3) is 4.46. The monoisotopic (exact) mass is 422 g/mol. The largest absolute Gasteiger partial charge is 0.369 e. The van der Waals surface area contributed by atoms with Crippen LogP contribution >= 0.6 is 0 Å². The van der Waals surface area contributed by atoms with Gasteiger partial charge in [0.1, 0.15) is 0 Å². The van der Waals surface area contributed by atoms with Crippen molar-refractivity contribution in [3.63, 3.8) is 0 Å². The van der Waals surface area contributed by atoms with E-state index in [-0.39, 0.29) is 0 Å². The summed E-state index contributed by atoms with van der Waals surface area (Å²) in [7, 11) is 0. The lowest BCUT2D eigenvalue weighted by Gasteiger charge is -2.39. The number of aromatic nitrogens is 2. The van der Waals surface area contributed by atoms with Gasteiger partial charge >= 0.3 is 0 Å². The Morgan fingerprint density at radius 3 is 1.91 bits per heavy atom. The topological polar surface area (TPSA) is 24.3 Å². The summed E-state index contributed by atoms with van der Waals surface area (Å²) in [6, 6.07) is 34.5. The van der Waals surface area contributed by atoms with Crippen molar-refractivity contribution in [2.24, 2.45) is 0 Å². The van der Waals surface area contributed by atoms with Gasteiger partial charge in [-0.05, 0) is 30.7 Å². The Hall–Kier alpha value is -3.37. The van der Waals surface area contributed by atoms with Gasteiger partial charge in [-0.2, -0.15) is 5.10 Å². The molecule has 1 aliphatic heterocycles. The molecule has 4 aromatic rings. The van der Waals surface area contributed by atoms with E-state index in [9.17, 15) is 0 Å². The zero-order chi connectivity index (χ0) is 21.8. The van der Waals surface area contributed by atoms with E-state index in [1.54, 1.807) is 0 Å². The summed E-state index contributed by atoms with van der Waals surface area (Å²) in [5.41, 5.74) is 5.91. The SMILES string of the molecule is CC(Cn1nc(-c2ccccc2)cc1-c1ccccc1)N1CCN(c2ccccc2)CC1. The molecule has 1 atom stereocenters. The van der Waals surface area contributed by atoms with Crippen LogP contribution in [0.2, 0.25) is 0 Å². The number of rotatable bonds is 6. The lowest BCUT2D eigenvalue weighted by molar-refractivity contribution is 0.177. The van der Waals surface area contributed by atoms with Gasteiger partial charge in [-0.1, -0.05) is 78.9 Å². The van der Waals surface area contributed by atoms with Gasteiger partial charge in [0.05, 0.1) is 17.9 Å². The summed E-state index contributed by atoms with van der Waals surface area (Å²) in [4.78, 5) is 5.08. The van der Waals surface area contributed by atoms with Gasteiger partial charge in [0.25, 0.3) is 0 Å². The number of para-hydroxylation sites is 1. The molecular formula is C28H30N4. The van der Waals surface area contributed by atoms with Crippen molar-refractivity contribution in [3.05, 3.63) is 97.1 Å². The molecule has 0 aliphatic carbocycles. The molecular weight excluding hydrogens is 392 g/mol. The summed E-state index contributed by atoms with van der Waals surface area (Å²) in [5.74, 6) is 0. The first-order chi connectivity index (χ1) is 15.8. The Labute approximate surface area is 190 Å². The first-order valence-electron chi connectivity index (χ1n) is 11.5. The third-order valence-electron chi connectivity index (χ3n) is 6.42. The Balaban J connectivity index is 1.33. The van der Waals surface area contributed by atoms with Gasteiger partial charge in [-0.25, -0.2) is 0 Å². The fourth-order valence-electron chi connectivity index (χ4n) is 4.57. The van der Waals surface area contributed by atoms with Crippen molar-refractivity contribution in [2.45, 2.75) is 19.5 Å². The fourth-order valence-corrected chi connectivity index (χ4v) is 4.57. The summed E-state index contributed by atoms with van der Waals surface area (Å²) < 4.78 is 2.20. The van der Waals surface area contributed by atoms with Crippen LogP contribution in [-0.2, 0) is 6.54 Å². The molecule has 0 spiro atoms. The minimum Gasteiger partial charge on any atom is -0.369 e. The zero-order valence-electron chi connectivity index (χ0n) is 18.6. The molecule has 0 bridgehead atoms. The lowest BCUT2D eigenvalue weighted by atomic mass is 10.1. The summed E-state index contributed by atoms with van der Waals surface area (Å²) in [6.07, 6.45) is 0. The van der Waals surface area contributed by atoms with E-state index in [4.69, 9.17) is 5.10 Å². The van der Waals surface area contributed by atoms with Crippen molar-refractivity contribution in [1.29, 1.82) is 0 Å². The highest BCUT2D eigenvalue weighted by Crippen LogP contribution is 2.27. The van der Waals surface area contributed by atoms with Crippen LogP contribution in [0, 0.1) is 0 Å². The molecule has 1 aliphatic rings. The normalized spacial score (nSPS) is 15.6. The molecule has 5 rings (SSSR count). The first-order valence-corrected chi connectivity index (χ1v) is 11.5. The Morgan fingerprint density at radius 1 is 0.719 bits per heavy atom. The van der Waals surface area contributed by atoms with Gasteiger partial charge in [0, 0.05) is 43.5 Å². The molecule has 1 fully saturated rings. The maximum Gasteiger partial charge on any atom is 0.0929 e. The van der Waals surface area contributed by atoms with Crippen molar-refractivity contribution in [3.8, 4) is 22.5 Å². The Bertz CT molecular complexity index is 1110. The molecule has 162 valence electrons. The van der Waals surface area contributed by atoms with E-state index in [2.05, 4.69) is 118 Å². The molecule has 3 aromatic carbocycles. The van der Waals surface area contributed by atoms with E-state index in [1.807, 2.05) is 0 Å². The van der Waals surface area contributed by atoms with E-state index < -0.39 is 0 Å². The van der Waals surface area contributed by atoms with Crippen LogP contribution in [0.25, 0.3) is 22.5 Å². The molecule has 2 heterocycles. The molecule has 0 amide bonds. The van der Waals surface area contributed by atoms with Crippen molar-refractivity contribution in [1.82, 2.24) is 14.7 Å². The minimum absolute atomic E-state index is 0.416. The fraction of sp³-hybridized carbons (Fsp3) is 0.250. The van der Waals surface area contributed by atoms with Gasteiger partial charge in [-0.3, -0.25) is 9.58 Å². The molecule has 0 radical (unpaired) electrons. The van der Waals surface area contributed by atoms with Crippen LogP contribution < -0.4 is 4.90 Å². The van der Waals surface area contributed by atoms with Crippen LogP contribution in [0.4, 0.5) is 5.69 Å². The van der Waals surface area contributed by atoms with Crippen molar-refractivity contribution >= 4 is 5.69 Å². The molecule has 0 N–H and O–H groups in total. The van der Waals surface area contributed by atoms with E-state index in [0.717, 1.165) is 44.0 Å². The highest BCUT2D eigenvalue weighted by atomic mass is 15.3. The van der Waals surface area contributed by atoms with E-state index >= 15 is 0 Å². The third-order valence-corrected chi connectivity index (χ3v) is 6.42. The Kier molecular flexibility index (Phi) is 6.04. The summed E-state index contributed by atoms with van der Waals surface area (Å²) in [6.45, 7) is 7.48. The van der Waals surface area contributed by atoms with Crippen LogP contribution in [0.5, 0.6) is 0 Å². The summed E-state index contributed by atoms with van der Waals surface area (Å²) >= 11 is 0. The minimum atomic E-state index is 0.416. The molecule has 0 saturated carbocycles. The maximum atomic E-state index is 5.03. The standard InChI is InChI=1S/C28H30N4/c1-23(30-17-19-31(20-18-30)26-15-9-4-10-16-26)22-32-28(25-13-7-3-8-14-25)21-27(29-32)24-11-5-2-6-12-24/h2-16,21,23H,17-20,22H2,1H3. The number of hydrogen-bond donors (Lipinski definition) is 0. The van der Waals surface area contributed by atoms with Crippen LogP contribution in [-0.4, -0.2) is 46.9 Å². The second-order valence-electron chi connectivity index (χ2n) is 8.54. The van der Waals surface area contributed by atoms with Gasteiger partial charge < -0.3 is 4.90 Å². The predicted molar refractivity (Wildman–Crippen MR) is 133 cm³/mol. The lowest BCUT2D eigenvalue weighted by Crippen LogP contribution is -2.50. The number of piperazine rings is 1. The number of hydrogen-bond acceptors (Lipinski definition) is 3. The van der Waals surface area contributed by atoms with Gasteiger partial charge in [0.15, 0.2) is 0 Å². The summed E-state index contributed by atoms with van der Waals surface area (Å²) in [5, 5.41) is 5.03. The van der Waals surface area contributed by atoms with Crippen molar-refractivity contribution in [2.75, 3.05) is 31.1 Å². The second-order valence-corrected chi connectivity index (χ2v) is 8.54. The number of benzene rings is 3. The van der Waals surface area contributed by atoms with Gasteiger partial charge in [-0.15, -0.1) is 0 Å². The number of nitrogens with zero attached hydrogens (tertiary/aromatic N) is 4. The first kappa shape index (κ1) is 20.5. The average molecular weight is 423 g/mol. The molecule has 1 unspecified atom stereocenters. The van der Waals surface area contributed by atoms with Crippen LogP contribution in [0.3, 0.4) is 0 Å². The molecule has 1 saturated heterocycles. The highest BCUT2D eigenvalue weighted by molar-refractivity contribution is 5.68. The van der Waals surface area contributed by atoms with E-state index in [1.165, 1.54) is 16.9 Å². The van der Waals surface area contributed by atoms with Crippen LogP contribution in [0.1, 0.15) is 6.92 Å². The van der Waals surface area contributed by atoms with E-state index in [0.29, 0.717) is 6.04 Å². The van der Waals surface area contributed by atoms with Crippen molar-refractivity contribution < 1.29 is 0 Å². The molecule has 32 heavy (non-hydrogen) atoms. The number of anilines is 1. The van der Waals surface area contributed by atoms with Crippen LogP contribution in [0.15, 0.2) is 97.1 Å². The average Bonchev–Trinajstić information content (AvgIpc) is 3.29. The second kappa shape index (κ2) is 9.41. The highest BCUT2D eigenvalue weighted by Gasteiger charge is 2.23. The predicted octanol–water partition coefficient (Wildman–Crippen LogP) is 5.43. The molecule has 4 nitrogen and oxygen atoms in total. The molecule has 4 heteroatoms. The van der Waals surface area contributed by atoms with Gasteiger partial charge in [0.2, 0.25) is 0 Å².